The molecule has 0 saturated carbocycles. The highest BCUT2D eigenvalue weighted by Crippen LogP contribution is 2.37. The monoisotopic (exact) mass is 474 g/mol. The number of fused-ring (bicyclic) bond motifs is 3. The van der Waals surface area contributed by atoms with Crippen LogP contribution in [0.3, 0.4) is 0 Å². The van der Waals surface area contributed by atoms with Crippen LogP contribution < -0.4 is 10.2 Å². The third-order valence-electron chi connectivity index (χ3n) is 7.09. The highest BCUT2D eigenvalue weighted by Gasteiger charge is 2.38. The molecule has 1 aromatic carbocycles. The lowest BCUT2D eigenvalue weighted by Gasteiger charge is -2.35. The van der Waals surface area contributed by atoms with E-state index in [1.165, 1.54) is 6.92 Å². The number of rotatable bonds is 3. The number of alkyl halides is 1. The Labute approximate surface area is 202 Å². The van der Waals surface area contributed by atoms with Crippen LogP contribution in [0.15, 0.2) is 35.5 Å². The molecule has 0 spiro atoms. The van der Waals surface area contributed by atoms with E-state index in [1.807, 2.05) is 30.5 Å². The number of hydrogen-bond donors (Lipinski definition) is 0. The molecule has 0 bridgehead atoms. The molecule has 35 heavy (non-hydrogen) atoms. The van der Waals surface area contributed by atoms with Crippen LogP contribution in [0, 0.1) is 13.5 Å². The van der Waals surface area contributed by atoms with Gasteiger partial charge in [0.1, 0.15) is 6.61 Å². The molecule has 0 aliphatic carbocycles. The quantitative estimate of drug-likeness (QED) is 0.535. The van der Waals surface area contributed by atoms with Crippen molar-refractivity contribution in [2.75, 3.05) is 19.7 Å². The second kappa shape index (κ2) is 8.77. The molecule has 1 atom stereocenters. The van der Waals surface area contributed by atoms with Crippen LogP contribution in [0.2, 0.25) is 0 Å². The Morgan fingerprint density at radius 3 is 2.80 bits per heavy atom. The van der Waals surface area contributed by atoms with Gasteiger partial charge in [0.2, 0.25) is 5.91 Å². The number of likely N-dealkylation sites (tertiary alicyclic amines) is 1. The number of ether oxygens (including phenoxy) is 1. The maximum Gasteiger partial charge on any atom is 0.298 e. The number of amides is 1. The minimum absolute atomic E-state index is 0.0395. The Bertz CT molecular complexity index is 1430. The van der Waals surface area contributed by atoms with E-state index in [1.54, 1.807) is 23.2 Å². The fourth-order valence-electron chi connectivity index (χ4n) is 4.95. The van der Waals surface area contributed by atoms with Crippen molar-refractivity contribution < 1.29 is 13.9 Å². The van der Waals surface area contributed by atoms with Gasteiger partial charge in [-0.3, -0.25) is 19.3 Å². The Morgan fingerprint density at radius 2 is 2.09 bits per heavy atom. The van der Waals surface area contributed by atoms with Crippen molar-refractivity contribution in [1.29, 1.82) is 0 Å². The number of nitrogens with zero attached hydrogens (tertiary/aromatic N) is 6. The van der Waals surface area contributed by atoms with Crippen molar-refractivity contribution in [3.8, 4) is 6.01 Å². The lowest BCUT2D eigenvalue weighted by atomic mass is 9.89. The van der Waals surface area contributed by atoms with Crippen molar-refractivity contribution in [3.05, 3.63) is 64.2 Å². The maximum atomic E-state index is 16.0. The molecule has 0 radical (unpaired) electrons. The molecule has 2 aromatic heterocycles. The van der Waals surface area contributed by atoms with Crippen LogP contribution in [-0.2, 0) is 17.0 Å². The van der Waals surface area contributed by atoms with Gasteiger partial charge in [-0.25, -0.2) is 9.24 Å². The standard InChI is InChI=1S/C26H27FN6O2/c1-16-19(6-5-7-21(16)28-4)17(2)30-24-20-14-23(26(27)8-10-32(11-9-26)18(3)34)29-15-22(20)33-12-13-35-25(33)31-24/h5-7,14-15,17H,8-13H2,1-3H3/t17-/m1/s1. The molecule has 1 fully saturated rings. The Kier molecular flexibility index (Phi) is 5.75. The minimum atomic E-state index is -1.62. The van der Waals surface area contributed by atoms with Crippen LogP contribution in [0.5, 0.6) is 6.01 Å². The van der Waals surface area contributed by atoms with Crippen molar-refractivity contribution >= 4 is 22.5 Å². The van der Waals surface area contributed by atoms with E-state index in [9.17, 15) is 4.79 Å². The van der Waals surface area contributed by atoms with Gasteiger partial charge in [0.25, 0.3) is 6.01 Å². The molecule has 5 rings (SSSR count). The average molecular weight is 475 g/mol. The highest BCUT2D eigenvalue weighted by molar-refractivity contribution is 5.78. The summed E-state index contributed by atoms with van der Waals surface area (Å²) < 4.78 is 23.7. The third-order valence-corrected chi connectivity index (χ3v) is 7.09. The normalized spacial score (nSPS) is 18.1. The van der Waals surface area contributed by atoms with Crippen LogP contribution in [0.4, 0.5) is 10.1 Å². The molecule has 2 aliphatic rings. The number of aromatic nitrogens is 3. The van der Waals surface area contributed by atoms with Gasteiger partial charge in [-0.15, -0.1) is 0 Å². The van der Waals surface area contributed by atoms with Crippen LogP contribution in [0.1, 0.15) is 49.6 Å². The lowest BCUT2D eigenvalue weighted by molar-refractivity contribution is -0.131. The van der Waals surface area contributed by atoms with Crippen molar-refractivity contribution in [2.24, 2.45) is 4.99 Å². The predicted molar refractivity (Wildman–Crippen MR) is 129 cm³/mol. The number of piperidine rings is 1. The predicted octanol–water partition coefficient (Wildman–Crippen LogP) is 4.15. The second-order valence-corrected chi connectivity index (χ2v) is 9.18. The van der Waals surface area contributed by atoms with E-state index in [-0.39, 0.29) is 24.8 Å². The summed E-state index contributed by atoms with van der Waals surface area (Å²) in [6.07, 6.45) is 2.08. The molecule has 8 nitrogen and oxygen atoms in total. The molecule has 1 amide bonds. The Balaban J connectivity index is 1.62. The van der Waals surface area contributed by atoms with Gasteiger partial charge < -0.3 is 9.64 Å². The Hall–Kier alpha value is -3.80. The van der Waals surface area contributed by atoms with E-state index >= 15 is 4.39 Å². The van der Waals surface area contributed by atoms with Crippen molar-refractivity contribution in [3.63, 3.8) is 0 Å². The minimum Gasteiger partial charge on any atom is -0.463 e. The molecule has 9 heteroatoms. The van der Waals surface area contributed by atoms with Crippen molar-refractivity contribution in [2.45, 2.75) is 51.9 Å². The molecular formula is C26H27FN6O2. The van der Waals surface area contributed by atoms with Gasteiger partial charge in [-0.1, -0.05) is 18.2 Å². The number of hydrogen-bond acceptors (Lipinski definition) is 5. The van der Waals surface area contributed by atoms with E-state index in [0.717, 1.165) is 16.6 Å². The van der Waals surface area contributed by atoms with Crippen molar-refractivity contribution in [1.82, 2.24) is 19.4 Å². The number of carbonyl (C=O) groups is 1. The summed E-state index contributed by atoms with van der Waals surface area (Å²) in [5.74, 6) is -0.0395. The first kappa shape index (κ1) is 23.0. The smallest absolute Gasteiger partial charge is 0.298 e. The molecule has 180 valence electrons. The number of pyridine rings is 1. The van der Waals surface area contributed by atoms with Crippen LogP contribution in [0.25, 0.3) is 15.7 Å². The number of benzene rings is 1. The fraction of sp³-hybridized carbons (Fsp3) is 0.423. The summed E-state index contributed by atoms with van der Waals surface area (Å²) in [6.45, 7) is 14.7. The fourth-order valence-corrected chi connectivity index (χ4v) is 4.95. The molecule has 0 N–H and O–H groups in total. The summed E-state index contributed by atoms with van der Waals surface area (Å²) in [4.78, 5) is 31.0. The SMILES string of the molecule is [C-]#[N+]c1cccc([C@@H](C)N=c2nc3n(c4cnc(C5(F)CCN(C(C)=O)CC5)cc24)CCO3)c1C. The molecule has 1 saturated heterocycles. The summed E-state index contributed by atoms with van der Waals surface area (Å²) in [7, 11) is 0. The summed E-state index contributed by atoms with van der Waals surface area (Å²) >= 11 is 0. The molecule has 4 heterocycles. The number of halogens is 1. The second-order valence-electron chi connectivity index (χ2n) is 9.18. The molecule has 0 unspecified atom stereocenters. The lowest BCUT2D eigenvalue weighted by Crippen LogP contribution is -2.42. The maximum absolute atomic E-state index is 16.0. The summed E-state index contributed by atoms with van der Waals surface area (Å²) in [6, 6.07) is 7.57. The van der Waals surface area contributed by atoms with Crippen LogP contribution >= 0.6 is 0 Å². The first-order valence-corrected chi connectivity index (χ1v) is 11.8. The molecular weight excluding hydrogens is 447 g/mol. The van der Waals surface area contributed by atoms with Gasteiger partial charge >= 0.3 is 0 Å². The largest absolute Gasteiger partial charge is 0.463 e. The van der Waals surface area contributed by atoms with E-state index in [2.05, 4.69) is 14.8 Å². The zero-order valence-corrected chi connectivity index (χ0v) is 20.1. The highest BCUT2D eigenvalue weighted by atomic mass is 19.1. The molecule has 2 aliphatic heterocycles. The zero-order chi connectivity index (χ0) is 24.7. The topological polar surface area (TPSA) is 77.0 Å². The van der Waals surface area contributed by atoms with E-state index in [4.69, 9.17) is 16.3 Å². The van der Waals surface area contributed by atoms with Crippen LogP contribution in [-0.4, -0.2) is 45.0 Å². The summed E-state index contributed by atoms with van der Waals surface area (Å²) in [5.41, 5.74) is 2.39. The van der Waals surface area contributed by atoms with Gasteiger partial charge in [0.15, 0.2) is 16.8 Å². The Morgan fingerprint density at radius 1 is 1.31 bits per heavy atom. The van der Waals surface area contributed by atoms with E-state index in [0.29, 0.717) is 54.5 Å². The first-order chi connectivity index (χ1) is 16.8. The van der Waals surface area contributed by atoms with Gasteiger partial charge in [-0.2, -0.15) is 4.98 Å². The first-order valence-electron chi connectivity index (χ1n) is 11.8. The molecule has 3 aromatic rings. The third kappa shape index (κ3) is 4.03. The van der Waals surface area contributed by atoms with Gasteiger partial charge in [-0.05, 0) is 31.0 Å². The van der Waals surface area contributed by atoms with E-state index < -0.39 is 5.67 Å². The number of carbonyl (C=O) groups excluding carboxylic acids is 1. The average Bonchev–Trinajstić information content (AvgIpc) is 3.33. The summed E-state index contributed by atoms with van der Waals surface area (Å²) in [5, 5.41) is 0.709. The van der Waals surface area contributed by atoms with Gasteiger partial charge in [0, 0.05) is 38.2 Å². The van der Waals surface area contributed by atoms with Gasteiger partial charge in [0.05, 0.1) is 36.6 Å². The zero-order valence-electron chi connectivity index (χ0n) is 20.1.